The highest BCUT2D eigenvalue weighted by Crippen LogP contribution is 2.35. The first-order valence-corrected chi connectivity index (χ1v) is 6.46. The summed E-state index contributed by atoms with van der Waals surface area (Å²) >= 11 is 0. The van der Waals surface area contributed by atoms with Crippen molar-refractivity contribution in [1.82, 2.24) is 0 Å². The van der Waals surface area contributed by atoms with Crippen LogP contribution in [0.2, 0.25) is 0 Å². The summed E-state index contributed by atoms with van der Waals surface area (Å²) in [6.07, 6.45) is 1.38. The molecule has 0 radical (unpaired) electrons. The summed E-state index contributed by atoms with van der Waals surface area (Å²) in [5, 5.41) is 11.0. The zero-order valence-electron chi connectivity index (χ0n) is 11.6. The number of nitrogens with zero attached hydrogens (tertiary/aromatic N) is 1. The summed E-state index contributed by atoms with van der Waals surface area (Å²) in [5.41, 5.74) is 0.640. The summed E-state index contributed by atoms with van der Waals surface area (Å²) in [6, 6.07) is 11.0. The van der Waals surface area contributed by atoms with Gasteiger partial charge in [0, 0.05) is 12.1 Å². The van der Waals surface area contributed by atoms with Crippen molar-refractivity contribution in [3.05, 3.63) is 69.5 Å². The second-order valence-corrected chi connectivity index (χ2v) is 4.62. The van der Waals surface area contributed by atoms with Gasteiger partial charge in [-0.15, -0.1) is 0 Å². The van der Waals surface area contributed by atoms with Gasteiger partial charge in [0.05, 0.1) is 23.2 Å². The van der Waals surface area contributed by atoms with E-state index in [9.17, 15) is 14.9 Å². The van der Waals surface area contributed by atoms with E-state index >= 15 is 0 Å². The van der Waals surface area contributed by atoms with Crippen molar-refractivity contribution in [2.45, 2.75) is 0 Å². The Morgan fingerprint density at radius 2 is 2.00 bits per heavy atom. The molecule has 0 spiro atoms. The fourth-order valence-electron chi connectivity index (χ4n) is 2.21. The number of nitro benzene ring substituents is 1. The second-order valence-electron chi connectivity index (χ2n) is 4.62. The van der Waals surface area contributed by atoms with E-state index in [0.717, 1.165) is 0 Å². The zero-order chi connectivity index (χ0) is 15.7. The Labute approximate surface area is 125 Å². The van der Waals surface area contributed by atoms with Crippen LogP contribution in [0.15, 0.2) is 48.2 Å². The number of benzene rings is 2. The number of hydrogen-bond acceptors (Lipinski definition) is 5. The Kier molecular flexibility index (Phi) is 3.34. The van der Waals surface area contributed by atoms with Crippen LogP contribution in [-0.4, -0.2) is 17.8 Å². The third-order valence-electron chi connectivity index (χ3n) is 3.30. The molecule has 0 unspecified atom stereocenters. The zero-order valence-corrected chi connectivity index (χ0v) is 11.6. The third-order valence-corrected chi connectivity index (χ3v) is 3.30. The van der Waals surface area contributed by atoms with Crippen molar-refractivity contribution < 1.29 is 19.2 Å². The maximum Gasteiger partial charge on any atom is 0.276 e. The van der Waals surface area contributed by atoms with Crippen molar-refractivity contribution >= 4 is 17.5 Å². The molecule has 0 aromatic heterocycles. The van der Waals surface area contributed by atoms with Crippen molar-refractivity contribution in [2.75, 3.05) is 7.11 Å². The molecule has 1 aliphatic rings. The van der Waals surface area contributed by atoms with E-state index in [1.165, 1.54) is 19.3 Å². The van der Waals surface area contributed by atoms with E-state index < -0.39 is 4.92 Å². The molecule has 0 fully saturated rings. The quantitative estimate of drug-likeness (QED) is 0.494. The number of nitro groups is 1. The molecule has 0 atom stereocenters. The molecular formula is C16H11NO5. The second kappa shape index (κ2) is 5.33. The lowest BCUT2D eigenvalue weighted by molar-refractivity contribution is -0.385. The van der Waals surface area contributed by atoms with Gasteiger partial charge in [-0.1, -0.05) is 12.1 Å². The minimum atomic E-state index is -0.498. The lowest BCUT2D eigenvalue weighted by Crippen LogP contribution is -1.99. The van der Waals surface area contributed by atoms with Crippen LogP contribution in [0.3, 0.4) is 0 Å². The van der Waals surface area contributed by atoms with Gasteiger partial charge in [-0.2, -0.15) is 0 Å². The molecule has 0 saturated heterocycles. The number of fused-ring (bicyclic) bond motifs is 1. The normalized spacial score (nSPS) is 14.6. The Balaban J connectivity index is 2.01. The molecule has 1 heterocycles. The molecular weight excluding hydrogens is 286 g/mol. The first kappa shape index (κ1) is 13.8. The molecule has 0 N–H and O–H groups in total. The molecule has 6 nitrogen and oxygen atoms in total. The number of hydrogen-bond donors (Lipinski definition) is 0. The Morgan fingerprint density at radius 3 is 2.73 bits per heavy atom. The number of para-hydroxylation sites is 1. The third kappa shape index (κ3) is 2.31. The van der Waals surface area contributed by atoms with Gasteiger partial charge in [0.15, 0.2) is 5.76 Å². The molecule has 1 aliphatic heterocycles. The fraction of sp³-hybridized carbons (Fsp3) is 0.0625. The average Bonchev–Trinajstić information content (AvgIpc) is 2.83. The largest absolute Gasteiger partial charge is 0.497 e. The number of allylic oxidation sites excluding steroid dienone is 1. The topological polar surface area (TPSA) is 78.7 Å². The SMILES string of the molecule is COc1ccc2c(c1)O/C(=C/c1ccccc1[N+](=O)[O-])C2=O. The average molecular weight is 297 g/mol. The van der Waals surface area contributed by atoms with Crippen LogP contribution >= 0.6 is 0 Å². The molecule has 2 aromatic carbocycles. The summed E-state index contributed by atoms with van der Waals surface area (Å²) in [7, 11) is 1.52. The number of ketones is 1. The first-order chi connectivity index (χ1) is 10.6. The van der Waals surface area contributed by atoms with Gasteiger partial charge in [0.25, 0.3) is 5.69 Å². The van der Waals surface area contributed by atoms with Crippen molar-refractivity contribution in [3.63, 3.8) is 0 Å². The minimum absolute atomic E-state index is 0.0533. The molecule has 6 heteroatoms. The molecule has 0 bridgehead atoms. The molecule has 2 aromatic rings. The standard InChI is InChI=1S/C16H11NO5/c1-21-11-6-7-12-14(9-11)22-15(16(12)18)8-10-4-2-3-5-13(10)17(19)20/h2-9H,1H3/b15-8+. The predicted octanol–water partition coefficient (Wildman–Crippen LogP) is 3.22. The van der Waals surface area contributed by atoms with Crippen LogP contribution < -0.4 is 9.47 Å². The van der Waals surface area contributed by atoms with Crippen LogP contribution in [0.5, 0.6) is 11.5 Å². The highest BCUT2D eigenvalue weighted by molar-refractivity contribution is 6.14. The molecule has 0 amide bonds. The Bertz CT molecular complexity index is 810. The molecule has 0 saturated carbocycles. The monoisotopic (exact) mass is 297 g/mol. The lowest BCUT2D eigenvalue weighted by Gasteiger charge is -2.01. The molecule has 22 heavy (non-hydrogen) atoms. The van der Waals surface area contributed by atoms with Crippen molar-refractivity contribution in [1.29, 1.82) is 0 Å². The fourth-order valence-corrected chi connectivity index (χ4v) is 2.21. The predicted molar refractivity (Wildman–Crippen MR) is 79.0 cm³/mol. The molecule has 3 rings (SSSR count). The van der Waals surface area contributed by atoms with Gasteiger partial charge in [-0.25, -0.2) is 0 Å². The van der Waals surface area contributed by atoms with Gasteiger partial charge in [0.1, 0.15) is 11.5 Å². The van der Waals surface area contributed by atoms with Gasteiger partial charge >= 0.3 is 0 Å². The summed E-state index contributed by atoms with van der Waals surface area (Å²) < 4.78 is 10.6. The van der Waals surface area contributed by atoms with E-state index in [2.05, 4.69) is 0 Å². The van der Waals surface area contributed by atoms with Crippen molar-refractivity contribution in [3.8, 4) is 11.5 Å². The van der Waals surface area contributed by atoms with Crippen LogP contribution in [0.25, 0.3) is 6.08 Å². The maximum absolute atomic E-state index is 12.3. The van der Waals surface area contributed by atoms with Gasteiger partial charge < -0.3 is 9.47 Å². The van der Waals surface area contributed by atoms with Crippen molar-refractivity contribution in [2.24, 2.45) is 0 Å². The molecule has 110 valence electrons. The number of carbonyl (C=O) groups excluding carboxylic acids is 1. The van der Waals surface area contributed by atoms with Gasteiger partial charge in [-0.05, 0) is 24.3 Å². The van der Waals surface area contributed by atoms with E-state index in [1.807, 2.05) is 0 Å². The summed E-state index contributed by atoms with van der Waals surface area (Å²) in [4.78, 5) is 22.8. The number of carbonyl (C=O) groups is 1. The number of rotatable bonds is 3. The van der Waals surface area contributed by atoms with Crippen LogP contribution in [0.1, 0.15) is 15.9 Å². The summed E-state index contributed by atoms with van der Waals surface area (Å²) in [6.45, 7) is 0. The van der Waals surface area contributed by atoms with Gasteiger partial charge in [0.2, 0.25) is 5.78 Å². The van der Waals surface area contributed by atoms with E-state index in [0.29, 0.717) is 22.6 Å². The van der Waals surface area contributed by atoms with Gasteiger partial charge in [-0.3, -0.25) is 14.9 Å². The van der Waals surface area contributed by atoms with E-state index in [1.54, 1.807) is 36.4 Å². The Morgan fingerprint density at radius 1 is 1.23 bits per heavy atom. The first-order valence-electron chi connectivity index (χ1n) is 6.46. The molecule has 0 aliphatic carbocycles. The highest BCUT2D eigenvalue weighted by atomic mass is 16.6. The van der Waals surface area contributed by atoms with E-state index in [-0.39, 0.29) is 17.2 Å². The minimum Gasteiger partial charge on any atom is -0.497 e. The van der Waals surface area contributed by atoms with Crippen LogP contribution in [-0.2, 0) is 0 Å². The number of ether oxygens (including phenoxy) is 2. The number of Topliss-reactive ketones (excluding diaryl/α,β-unsaturated/α-hetero) is 1. The number of methoxy groups -OCH3 is 1. The summed E-state index contributed by atoms with van der Waals surface area (Å²) in [5.74, 6) is 0.695. The van der Waals surface area contributed by atoms with Crippen LogP contribution in [0, 0.1) is 10.1 Å². The van der Waals surface area contributed by atoms with E-state index in [4.69, 9.17) is 9.47 Å². The lowest BCUT2D eigenvalue weighted by atomic mass is 10.1. The van der Waals surface area contributed by atoms with Crippen LogP contribution in [0.4, 0.5) is 5.69 Å². The Hall–Kier alpha value is -3.15. The maximum atomic E-state index is 12.3. The smallest absolute Gasteiger partial charge is 0.276 e. The highest BCUT2D eigenvalue weighted by Gasteiger charge is 2.28.